The van der Waals surface area contributed by atoms with Crippen LogP contribution in [0.3, 0.4) is 0 Å². The fourth-order valence-electron chi connectivity index (χ4n) is 1.91. The topological polar surface area (TPSA) is 55.4 Å². The van der Waals surface area contributed by atoms with Crippen LogP contribution in [0.15, 0.2) is 48.5 Å². The molecule has 1 N–H and O–H groups in total. The number of benzene rings is 2. The lowest BCUT2D eigenvalue weighted by molar-refractivity contribution is -0.139. The van der Waals surface area contributed by atoms with Crippen molar-refractivity contribution in [2.24, 2.45) is 0 Å². The molecule has 0 radical (unpaired) electrons. The molecule has 0 aliphatic heterocycles. The molecular weight excluding hydrogens is 266 g/mol. The van der Waals surface area contributed by atoms with Crippen molar-refractivity contribution in [1.29, 1.82) is 0 Å². The van der Waals surface area contributed by atoms with E-state index in [0.717, 1.165) is 11.1 Å². The zero-order valence-electron chi connectivity index (χ0n) is 12.1. The smallest absolute Gasteiger partial charge is 0.325 e. The average Bonchev–Trinajstić information content (AvgIpc) is 2.53. The monoisotopic (exact) mass is 283 g/mol. The molecule has 0 heterocycles. The molecule has 0 unspecified atom stereocenters. The van der Waals surface area contributed by atoms with Crippen LogP contribution in [-0.2, 0) is 9.53 Å². The van der Waals surface area contributed by atoms with Gasteiger partial charge >= 0.3 is 5.97 Å². The van der Waals surface area contributed by atoms with Gasteiger partial charge in [-0.05, 0) is 30.2 Å². The molecular formula is C17H17NO3. The molecule has 2 aromatic rings. The fraction of sp³-hybridized carbons (Fsp3) is 0.176. The second-order valence-electron chi connectivity index (χ2n) is 4.71. The zero-order chi connectivity index (χ0) is 15.2. The zero-order valence-corrected chi connectivity index (χ0v) is 12.1. The SMILES string of the molecule is COC(=O)CNC(=O)c1cccc(-c2ccc(C)cc2)c1. The maximum absolute atomic E-state index is 12.0. The van der Waals surface area contributed by atoms with E-state index in [9.17, 15) is 9.59 Å². The summed E-state index contributed by atoms with van der Waals surface area (Å²) in [6.45, 7) is 1.89. The Morgan fingerprint density at radius 3 is 2.43 bits per heavy atom. The van der Waals surface area contributed by atoms with Crippen molar-refractivity contribution in [2.45, 2.75) is 6.92 Å². The summed E-state index contributed by atoms with van der Waals surface area (Å²) in [5, 5.41) is 2.52. The van der Waals surface area contributed by atoms with Crippen LogP contribution in [0.25, 0.3) is 11.1 Å². The molecule has 0 fully saturated rings. The Bertz CT molecular complexity index is 647. The first kappa shape index (κ1) is 14.8. The van der Waals surface area contributed by atoms with Gasteiger partial charge in [0.15, 0.2) is 0 Å². The van der Waals surface area contributed by atoms with Crippen LogP contribution in [-0.4, -0.2) is 25.5 Å². The number of carbonyl (C=O) groups is 2. The number of amides is 1. The highest BCUT2D eigenvalue weighted by molar-refractivity contribution is 5.97. The second-order valence-corrected chi connectivity index (χ2v) is 4.71. The van der Waals surface area contributed by atoms with Gasteiger partial charge in [-0.2, -0.15) is 0 Å². The summed E-state index contributed by atoms with van der Waals surface area (Å²) in [4.78, 5) is 23.0. The molecule has 0 aliphatic carbocycles. The van der Waals surface area contributed by atoms with Gasteiger partial charge in [-0.3, -0.25) is 9.59 Å². The Kier molecular flexibility index (Phi) is 4.72. The van der Waals surface area contributed by atoms with Gasteiger partial charge < -0.3 is 10.1 Å². The maximum Gasteiger partial charge on any atom is 0.325 e. The number of rotatable bonds is 4. The number of hydrogen-bond donors (Lipinski definition) is 1. The summed E-state index contributed by atoms with van der Waals surface area (Å²) < 4.78 is 4.49. The van der Waals surface area contributed by atoms with Crippen LogP contribution in [0.4, 0.5) is 0 Å². The minimum atomic E-state index is -0.474. The van der Waals surface area contributed by atoms with Gasteiger partial charge in [-0.15, -0.1) is 0 Å². The van der Waals surface area contributed by atoms with Gasteiger partial charge in [0.05, 0.1) is 7.11 Å². The average molecular weight is 283 g/mol. The Balaban J connectivity index is 2.15. The number of methoxy groups -OCH3 is 1. The maximum atomic E-state index is 12.0. The van der Waals surface area contributed by atoms with Crippen LogP contribution < -0.4 is 5.32 Å². The van der Waals surface area contributed by atoms with Crippen LogP contribution >= 0.6 is 0 Å². The molecule has 2 rings (SSSR count). The molecule has 0 spiro atoms. The number of esters is 1. The lowest BCUT2D eigenvalue weighted by Crippen LogP contribution is -2.30. The Hall–Kier alpha value is -2.62. The van der Waals surface area contributed by atoms with Crippen molar-refractivity contribution in [1.82, 2.24) is 5.32 Å². The third-order valence-corrected chi connectivity index (χ3v) is 3.13. The lowest BCUT2D eigenvalue weighted by atomic mass is 10.0. The van der Waals surface area contributed by atoms with Crippen LogP contribution in [0, 0.1) is 6.92 Å². The van der Waals surface area contributed by atoms with E-state index < -0.39 is 5.97 Å². The first-order valence-electron chi connectivity index (χ1n) is 6.62. The molecule has 0 aliphatic rings. The highest BCUT2D eigenvalue weighted by Crippen LogP contribution is 2.20. The molecule has 0 atom stereocenters. The minimum Gasteiger partial charge on any atom is -0.468 e. The van der Waals surface area contributed by atoms with Crippen molar-refractivity contribution < 1.29 is 14.3 Å². The van der Waals surface area contributed by atoms with Crippen molar-refractivity contribution >= 4 is 11.9 Å². The largest absolute Gasteiger partial charge is 0.468 e. The molecule has 0 bridgehead atoms. The molecule has 1 amide bonds. The lowest BCUT2D eigenvalue weighted by Gasteiger charge is -2.07. The van der Waals surface area contributed by atoms with E-state index >= 15 is 0 Å². The number of nitrogens with one attached hydrogen (secondary N) is 1. The van der Waals surface area contributed by atoms with Crippen molar-refractivity contribution in [3.05, 3.63) is 59.7 Å². The van der Waals surface area contributed by atoms with E-state index in [0.29, 0.717) is 5.56 Å². The minimum absolute atomic E-state index is 0.135. The van der Waals surface area contributed by atoms with Gasteiger partial charge in [0.25, 0.3) is 5.91 Å². The number of ether oxygens (including phenoxy) is 1. The van der Waals surface area contributed by atoms with Gasteiger partial charge in [0.1, 0.15) is 6.54 Å². The first-order valence-corrected chi connectivity index (χ1v) is 6.62. The Morgan fingerprint density at radius 1 is 1.05 bits per heavy atom. The molecule has 0 aromatic heterocycles. The van der Waals surface area contributed by atoms with Gasteiger partial charge in [0.2, 0.25) is 0 Å². The predicted molar refractivity (Wildman–Crippen MR) is 81.0 cm³/mol. The summed E-state index contributed by atoms with van der Waals surface area (Å²) in [7, 11) is 1.28. The summed E-state index contributed by atoms with van der Waals surface area (Å²) >= 11 is 0. The van der Waals surface area contributed by atoms with Gasteiger partial charge in [-0.1, -0.05) is 42.0 Å². The van der Waals surface area contributed by atoms with Crippen molar-refractivity contribution in [3.63, 3.8) is 0 Å². The van der Waals surface area contributed by atoms with E-state index in [1.165, 1.54) is 12.7 Å². The first-order chi connectivity index (χ1) is 10.1. The van der Waals surface area contributed by atoms with Crippen LogP contribution in [0.2, 0.25) is 0 Å². The normalized spacial score (nSPS) is 10.0. The van der Waals surface area contributed by atoms with Crippen molar-refractivity contribution in [2.75, 3.05) is 13.7 Å². The number of carbonyl (C=O) groups excluding carboxylic acids is 2. The predicted octanol–water partition coefficient (Wildman–Crippen LogP) is 2.56. The fourth-order valence-corrected chi connectivity index (χ4v) is 1.91. The molecule has 4 heteroatoms. The summed E-state index contributed by atoms with van der Waals surface area (Å²) in [5.41, 5.74) is 3.70. The number of hydrogen-bond acceptors (Lipinski definition) is 3. The summed E-state index contributed by atoms with van der Waals surface area (Å²) in [5.74, 6) is -0.771. The third kappa shape index (κ3) is 3.92. The quantitative estimate of drug-likeness (QED) is 0.877. The number of aryl methyl sites for hydroxylation is 1. The summed E-state index contributed by atoms with van der Waals surface area (Å²) in [6.07, 6.45) is 0. The molecule has 0 saturated carbocycles. The van der Waals surface area contributed by atoms with E-state index in [2.05, 4.69) is 10.1 Å². The molecule has 0 saturated heterocycles. The van der Waals surface area contributed by atoms with E-state index in [-0.39, 0.29) is 12.5 Å². The van der Waals surface area contributed by atoms with E-state index in [1.54, 1.807) is 12.1 Å². The van der Waals surface area contributed by atoms with E-state index in [4.69, 9.17) is 0 Å². The molecule has 108 valence electrons. The van der Waals surface area contributed by atoms with E-state index in [1.807, 2.05) is 43.3 Å². The van der Waals surface area contributed by atoms with Gasteiger partial charge in [-0.25, -0.2) is 0 Å². The standard InChI is InChI=1S/C17H17NO3/c1-12-6-8-13(9-7-12)14-4-3-5-15(10-14)17(20)18-11-16(19)21-2/h3-10H,11H2,1-2H3,(H,18,20). The molecule has 4 nitrogen and oxygen atoms in total. The van der Waals surface area contributed by atoms with Crippen LogP contribution in [0.1, 0.15) is 15.9 Å². The van der Waals surface area contributed by atoms with Crippen LogP contribution in [0.5, 0.6) is 0 Å². The third-order valence-electron chi connectivity index (χ3n) is 3.13. The Morgan fingerprint density at radius 2 is 1.76 bits per heavy atom. The molecule has 2 aromatic carbocycles. The van der Waals surface area contributed by atoms with Crippen molar-refractivity contribution in [3.8, 4) is 11.1 Å². The second kappa shape index (κ2) is 6.70. The highest BCUT2D eigenvalue weighted by Gasteiger charge is 2.09. The van der Waals surface area contributed by atoms with Gasteiger partial charge in [0, 0.05) is 5.56 Å². The summed E-state index contributed by atoms with van der Waals surface area (Å²) in [6, 6.07) is 15.4. The highest BCUT2D eigenvalue weighted by atomic mass is 16.5. The Labute approximate surface area is 123 Å². The molecule has 21 heavy (non-hydrogen) atoms.